The molecule has 30 heavy (non-hydrogen) atoms. The minimum absolute atomic E-state index is 0.00880. The van der Waals surface area contributed by atoms with E-state index in [4.69, 9.17) is 0 Å². The van der Waals surface area contributed by atoms with Crippen LogP contribution < -0.4 is 0 Å². The van der Waals surface area contributed by atoms with Gasteiger partial charge in [-0.05, 0) is 29.8 Å². The molecule has 4 aromatic rings. The van der Waals surface area contributed by atoms with E-state index in [0.29, 0.717) is 23.1 Å². The molecule has 0 spiro atoms. The van der Waals surface area contributed by atoms with Crippen molar-refractivity contribution in [3.8, 4) is 11.4 Å². The summed E-state index contributed by atoms with van der Waals surface area (Å²) in [4.78, 5) is 12.5. The Labute approximate surface area is 176 Å². The molecule has 4 nitrogen and oxygen atoms in total. The Morgan fingerprint density at radius 3 is 2.23 bits per heavy atom. The Morgan fingerprint density at radius 1 is 0.833 bits per heavy atom. The average Bonchev–Trinajstić information content (AvgIpc) is 3.15. The highest BCUT2D eigenvalue weighted by Crippen LogP contribution is 2.27. The summed E-state index contributed by atoms with van der Waals surface area (Å²) >= 11 is 1.15. The van der Waals surface area contributed by atoms with Gasteiger partial charge in [-0.2, -0.15) is 0 Å². The Bertz CT molecular complexity index is 1180. The first-order chi connectivity index (χ1) is 14.6. The lowest BCUT2D eigenvalue weighted by Crippen LogP contribution is -2.08. The highest BCUT2D eigenvalue weighted by atomic mass is 32.2. The fourth-order valence-electron chi connectivity index (χ4n) is 3.04. The average molecular weight is 421 g/mol. The summed E-state index contributed by atoms with van der Waals surface area (Å²) < 4.78 is 30.1. The van der Waals surface area contributed by atoms with Gasteiger partial charge in [-0.3, -0.25) is 9.36 Å². The third-order valence-corrected chi connectivity index (χ3v) is 5.49. The second-order valence-electron chi connectivity index (χ2n) is 6.55. The number of thioether (sulfide) groups is 1. The Kier molecular flexibility index (Phi) is 5.99. The molecule has 0 aliphatic heterocycles. The third kappa shape index (κ3) is 4.31. The zero-order valence-electron chi connectivity index (χ0n) is 15.8. The van der Waals surface area contributed by atoms with E-state index in [1.165, 1.54) is 24.3 Å². The van der Waals surface area contributed by atoms with Gasteiger partial charge < -0.3 is 0 Å². The lowest BCUT2D eigenvalue weighted by atomic mass is 10.1. The van der Waals surface area contributed by atoms with Crippen LogP contribution in [0.3, 0.4) is 0 Å². The number of hydrogen-bond acceptors (Lipinski definition) is 4. The molecule has 0 amide bonds. The van der Waals surface area contributed by atoms with Gasteiger partial charge in [-0.25, -0.2) is 8.78 Å². The van der Waals surface area contributed by atoms with Crippen LogP contribution in [0.25, 0.3) is 11.4 Å². The van der Waals surface area contributed by atoms with E-state index in [9.17, 15) is 13.6 Å². The predicted molar refractivity (Wildman–Crippen MR) is 112 cm³/mol. The number of carbonyl (C=O) groups excluding carboxylic acids is 1. The van der Waals surface area contributed by atoms with Crippen LogP contribution in [0.15, 0.2) is 84.0 Å². The van der Waals surface area contributed by atoms with Crippen molar-refractivity contribution in [3.05, 3.63) is 102 Å². The number of halogens is 2. The van der Waals surface area contributed by atoms with Crippen molar-refractivity contribution in [3.63, 3.8) is 0 Å². The van der Waals surface area contributed by atoms with E-state index in [1.54, 1.807) is 28.8 Å². The maximum Gasteiger partial charge on any atom is 0.192 e. The van der Waals surface area contributed by atoms with Crippen molar-refractivity contribution in [1.82, 2.24) is 14.8 Å². The molecule has 0 saturated heterocycles. The van der Waals surface area contributed by atoms with E-state index in [1.807, 2.05) is 30.3 Å². The van der Waals surface area contributed by atoms with Gasteiger partial charge in [0.1, 0.15) is 11.6 Å². The predicted octanol–water partition coefficient (Wildman–Crippen LogP) is 5.25. The molecular formula is C23H17F2N3OS. The molecule has 0 radical (unpaired) electrons. The minimum Gasteiger partial charge on any atom is -0.297 e. The molecule has 0 fully saturated rings. The first kappa shape index (κ1) is 20.0. The van der Waals surface area contributed by atoms with Crippen molar-refractivity contribution >= 4 is 17.5 Å². The van der Waals surface area contributed by atoms with E-state index >= 15 is 0 Å². The molecule has 150 valence electrons. The van der Waals surface area contributed by atoms with Gasteiger partial charge in [0.05, 0.1) is 23.4 Å². The van der Waals surface area contributed by atoms with Gasteiger partial charge in [-0.1, -0.05) is 66.4 Å². The zero-order chi connectivity index (χ0) is 20.9. The van der Waals surface area contributed by atoms with Crippen LogP contribution in [0.5, 0.6) is 0 Å². The number of carbonyl (C=O) groups is 1. The van der Waals surface area contributed by atoms with Crippen molar-refractivity contribution in [2.45, 2.75) is 11.7 Å². The van der Waals surface area contributed by atoms with Crippen molar-refractivity contribution in [1.29, 1.82) is 0 Å². The van der Waals surface area contributed by atoms with Crippen LogP contribution >= 0.6 is 11.8 Å². The fourth-order valence-corrected chi connectivity index (χ4v) is 3.86. The molecule has 1 aromatic heterocycles. The number of rotatable bonds is 7. The highest BCUT2D eigenvalue weighted by Gasteiger charge is 2.19. The number of Topliss-reactive ketones (excluding diaryl/α,β-unsaturated/α-hetero) is 1. The molecule has 0 unspecified atom stereocenters. The number of nitrogens with zero attached hydrogens (tertiary/aromatic N) is 3. The number of aromatic nitrogens is 3. The molecule has 1 heterocycles. The number of hydrogen-bond donors (Lipinski definition) is 0. The van der Waals surface area contributed by atoms with Crippen LogP contribution in [0, 0.1) is 11.6 Å². The lowest BCUT2D eigenvalue weighted by Gasteiger charge is -2.11. The number of ketones is 1. The van der Waals surface area contributed by atoms with Crippen molar-refractivity contribution in [2.24, 2.45) is 0 Å². The summed E-state index contributed by atoms with van der Waals surface area (Å²) in [6.45, 7) is 0.410. The summed E-state index contributed by atoms with van der Waals surface area (Å²) in [6, 6.07) is 21.9. The van der Waals surface area contributed by atoms with Gasteiger partial charge in [0, 0.05) is 0 Å². The molecule has 3 aromatic carbocycles. The van der Waals surface area contributed by atoms with E-state index in [0.717, 1.165) is 17.3 Å². The van der Waals surface area contributed by atoms with Gasteiger partial charge in [0.25, 0.3) is 0 Å². The standard InChI is InChI=1S/C23H17F2N3OS/c24-19-12-6-4-10-17(19)21(29)15-30-23-27-26-22(18-11-5-7-13-20(18)25)28(23)14-16-8-2-1-3-9-16/h1-13H,14-15H2. The van der Waals surface area contributed by atoms with Gasteiger partial charge in [-0.15, -0.1) is 10.2 Å². The smallest absolute Gasteiger partial charge is 0.192 e. The van der Waals surface area contributed by atoms with Gasteiger partial charge in [0.15, 0.2) is 16.8 Å². The van der Waals surface area contributed by atoms with Crippen LogP contribution in [0.2, 0.25) is 0 Å². The summed E-state index contributed by atoms with van der Waals surface area (Å²) in [7, 11) is 0. The Morgan fingerprint density at radius 2 is 1.50 bits per heavy atom. The zero-order valence-corrected chi connectivity index (χ0v) is 16.7. The molecule has 4 rings (SSSR count). The number of benzene rings is 3. The first-order valence-corrected chi connectivity index (χ1v) is 10.2. The maximum atomic E-state index is 14.4. The second-order valence-corrected chi connectivity index (χ2v) is 7.49. The lowest BCUT2D eigenvalue weighted by molar-refractivity contribution is 0.101. The van der Waals surface area contributed by atoms with Gasteiger partial charge >= 0.3 is 0 Å². The quantitative estimate of drug-likeness (QED) is 0.302. The minimum atomic E-state index is -0.555. The van der Waals surface area contributed by atoms with E-state index in [2.05, 4.69) is 10.2 Å². The molecular weight excluding hydrogens is 404 g/mol. The summed E-state index contributed by atoms with van der Waals surface area (Å²) in [6.07, 6.45) is 0. The third-order valence-electron chi connectivity index (χ3n) is 4.52. The molecule has 0 bridgehead atoms. The molecule has 0 atom stereocenters. The summed E-state index contributed by atoms with van der Waals surface area (Å²) in [5, 5.41) is 8.82. The SMILES string of the molecule is O=C(CSc1nnc(-c2ccccc2F)n1Cc1ccccc1)c1ccccc1F. The van der Waals surface area contributed by atoms with Crippen molar-refractivity contribution in [2.75, 3.05) is 5.75 Å². The molecule has 0 aliphatic carbocycles. The summed E-state index contributed by atoms with van der Waals surface area (Å²) in [5.41, 5.74) is 1.35. The molecule has 0 N–H and O–H groups in total. The maximum absolute atomic E-state index is 14.4. The van der Waals surface area contributed by atoms with Crippen LogP contribution in [0.4, 0.5) is 8.78 Å². The monoisotopic (exact) mass is 421 g/mol. The molecule has 0 aliphatic rings. The van der Waals surface area contributed by atoms with Crippen molar-refractivity contribution < 1.29 is 13.6 Å². The van der Waals surface area contributed by atoms with E-state index in [-0.39, 0.29) is 17.1 Å². The van der Waals surface area contributed by atoms with Crippen LogP contribution in [0.1, 0.15) is 15.9 Å². The van der Waals surface area contributed by atoms with Crippen LogP contribution in [-0.2, 0) is 6.54 Å². The topological polar surface area (TPSA) is 47.8 Å². The largest absolute Gasteiger partial charge is 0.297 e. The normalized spacial score (nSPS) is 10.9. The second kappa shape index (κ2) is 9.00. The van der Waals surface area contributed by atoms with E-state index < -0.39 is 11.6 Å². The van der Waals surface area contributed by atoms with Gasteiger partial charge in [0.2, 0.25) is 0 Å². The summed E-state index contributed by atoms with van der Waals surface area (Å²) in [5.74, 6) is -0.942. The Hall–Kier alpha value is -3.32. The molecule has 0 saturated carbocycles. The Balaban J connectivity index is 1.65. The fraction of sp³-hybridized carbons (Fsp3) is 0.0870. The first-order valence-electron chi connectivity index (χ1n) is 9.26. The highest BCUT2D eigenvalue weighted by molar-refractivity contribution is 7.99. The molecule has 7 heteroatoms. The van der Waals surface area contributed by atoms with Crippen LogP contribution in [-0.4, -0.2) is 26.3 Å².